The molecule has 1 aliphatic heterocycles. The van der Waals surface area contributed by atoms with Crippen molar-refractivity contribution >= 4 is 5.82 Å². The van der Waals surface area contributed by atoms with Gasteiger partial charge in [-0.1, -0.05) is 0 Å². The molecule has 10 nitrogen and oxygen atoms in total. The summed E-state index contributed by atoms with van der Waals surface area (Å²) >= 11 is 0. The van der Waals surface area contributed by atoms with Crippen LogP contribution in [0.4, 0.5) is 5.82 Å². The van der Waals surface area contributed by atoms with Gasteiger partial charge < -0.3 is 25.2 Å². The molecule has 3 N–H and O–H groups in total. The average molecular weight is 450 g/mol. The Morgan fingerprint density at radius 1 is 1.27 bits per heavy atom. The maximum Gasteiger partial charge on any atom is 0.224 e. The molecular formula is C23H27N7O3. The number of benzene rings is 1. The number of ether oxygens (including phenoxy) is 2. The molecular weight excluding hydrogens is 422 g/mol. The van der Waals surface area contributed by atoms with Crippen molar-refractivity contribution in [1.29, 1.82) is 5.26 Å². The number of aryl methyl sites for hydroxylation is 1. The van der Waals surface area contributed by atoms with E-state index in [4.69, 9.17) is 15.2 Å². The second kappa shape index (κ2) is 9.95. The van der Waals surface area contributed by atoms with Crippen molar-refractivity contribution in [2.24, 2.45) is 5.73 Å². The first-order valence-corrected chi connectivity index (χ1v) is 10.8. The van der Waals surface area contributed by atoms with Gasteiger partial charge in [-0.05, 0) is 31.9 Å². The summed E-state index contributed by atoms with van der Waals surface area (Å²) < 4.78 is 13.2. The number of nitriles is 1. The first-order chi connectivity index (χ1) is 16.0. The van der Waals surface area contributed by atoms with E-state index in [1.807, 2.05) is 6.92 Å². The highest BCUT2D eigenvalue weighted by Gasteiger charge is 2.21. The van der Waals surface area contributed by atoms with Crippen molar-refractivity contribution in [3.05, 3.63) is 53.6 Å². The summed E-state index contributed by atoms with van der Waals surface area (Å²) in [4.78, 5) is 11.2. The summed E-state index contributed by atoms with van der Waals surface area (Å²) in [5, 5.41) is 23.7. The zero-order valence-corrected chi connectivity index (χ0v) is 18.7. The Balaban J connectivity index is 1.64. The predicted octanol–water partition coefficient (Wildman–Crippen LogP) is 2.24. The molecule has 0 saturated carbocycles. The van der Waals surface area contributed by atoms with Crippen molar-refractivity contribution < 1.29 is 14.6 Å². The lowest BCUT2D eigenvalue weighted by molar-refractivity contribution is 0.0818. The quantitative estimate of drug-likeness (QED) is 0.556. The number of piperidine rings is 1. The molecule has 2 aromatic heterocycles. The van der Waals surface area contributed by atoms with Gasteiger partial charge in [0.1, 0.15) is 17.3 Å². The van der Waals surface area contributed by atoms with Crippen LogP contribution in [0.25, 0.3) is 5.69 Å². The maximum atomic E-state index is 10.0. The number of rotatable bonds is 7. The third kappa shape index (κ3) is 5.12. The highest BCUT2D eigenvalue weighted by Crippen LogP contribution is 2.31. The second-order valence-corrected chi connectivity index (χ2v) is 7.90. The number of anilines is 1. The third-order valence-corrected chi connectivity index (χ3v) is 5.66. The van der Waals surface area contributed by atoms with Crippen molar-refractivity contribution in [1.82, 2.24) is 19.7 Å². The first kappa shape index (κ1) is 22.7. The smallest absolute Gasteiger partial charge is 0.224 e. The monoisotopic (exact) mass is 449 g/mol. The Kier molecular flexibility index (Phi) is 6.84. The van der Waals surface area contributed by atoms with Crippen LogP contribution in [-0.2, 0) is 4.74 Å². The Morgan fingerprint density at radius 3 is 2.76 bits per heavy atom. The van der Waals surface area contributed by atoms with Crippen LogP contribution in [-0.4, -0.2) is 57.7 Å². The third-order valence-electron chi connectivity index (χ3n) is 5.66. The molecule has 0 spiro atoms. The van der Waals surface area contributed by atoms with Gasteiger partial charge >= 0.3 is 0 Å². The fraction of sp³-hybridized carbons (Fsp3) is 0.391. The molecule has 1 aliphatic rings. The fourth-order valence-electron chi connectivity index (χ4n) is 3.80. The molecule has 0 unspecified atom stereocenters. The molecule has 1 atom stereocenters. The summed E-state index contributed by atoms with van der Waals surface area (Å²) in [5.74, 6) is 2.16. The Hall–Kier alpha value is -3.52. The SMILES string of the molecule is COC1CCN(c2cc(Oc3cc(C#N)ccc3-n3cc([C@@H](O)CN)cn3)nc(C)n2)CC1. The molecule has 1 saturated heterocycles. The van der Waals surface area contributed by atoms with Crippen LogP contribution in [0.1, 0.15) is 35.9 Å². The van der Waals surface area contributed by atoms with Gasteiger partial charge in [-0.25, -0.2) is 9.67 Å². The lowest BCUT2D eigenvalue weighted by atomic mass is 10.1. The van der Waals surface area contributed by atoms with E-state index in [1.165, 1.54) is 0 Å². The van der Waals surface area contributed by atoms with E-state index in [2.05, 4.69) is 26.0 Å². The van der Waals surface area contributed by atoms with Gasteiger partial charge in [0.15, 0.2) is 5.75 Å². The standard InChI is InChI=1S/C23H27N7O3/c1-15-27-22(29-7-5-18(32-2)6-8-29)10-23(28-15)33-21-9-16(11-24)3-4-19(21)30-14-17(13-26-30)20(31)12-25/h3-4,9-10,13-14,18,20,31H,5-8,12,25H2,1-2H3/t20-/m0/s1. The summed E-state index contributed by atoms with van der Waals surface area (Å²) in [6.07, 6.45) is 4.56. The minimum Gasteiger partial charge on any atom is -0.437 e. The van der Waals surface area contributed by atoms with Crippen LogP contribution < -0.4 is 15.4 Å². The normalized spacial score (nSPS) is 15.3. The average Bonchev–Trinajstić information content (AvgIpc) is 3.33. The molecule has 3 heterocycles. The number of aromatic nitrogens is 4. The Bertz CT molecular complexity index is 1150. The number of aliphatic hydroxyl groups excluding tert-OH is 1. The fourth-order valence-corrected chi connectivity index (χ4v) is 3.80. The Morgan fingerprint density at radius 2 is 2.06 bits per heavy atom. The van der Waals surface area contributed by atoms with Crippen molar-refractivity contribution in [3.8, 4) is 23.4 Å². The van der Waals surface area contributed by atoms with Gasteiger partial charge in [0.2, 0.25) is 5.88 Å². The van der Waals surface area contributed by atoms with Gasteiger partial charge in [-0.2, -0.15) is 15.3 Å². The van der Waals surface area contributed by atoms with Crippen molar-refractivity contribution in [3.63, 3.8) is 0 Å². The molecule has 0 aliphatic carbocycles. The molecule has 0 bridgehead atoms. The maximum absolute atomic E-state index is 10.0. The van der Waals surface area contributed by atoms with E-state index >= 15 is 0 Å². The van der Waals surface area contributed by atoms with E-state index in [9.17, 15) is 10.4 Å². The van der Waals surface area contributed by atoms with Gasteiger partial charge in [0.05, 0.1) is 30.0 Å². The van der Waals surface area contributed by atoms with E-state index in [0.717, 1.165) is 31.7 Å². The zero-order valence-electron chi connectivity index (χ0n) is 18.7. The number of nitrogens with zero attached hydrogens (tertiary/aromatic N) is 6. The van der Waals surface area contributed by atoms with Crippen LogP contribution in [0.15, 0.2) is 36.7 Å². The van der Waals surface area contributed by atoms with Crippen molar-refractivity contribution in [2.75, 3.05) is 31.6 Å². The second-order valence-electron chi connectivity index (χ2n) is 7.90. The summed E-state index contributed by atoms with van der Waals surface area (Å²) in [7, 11) is 1.74. The minimum absolute atomic E-state index is 0.0903. The molecule has 0 amide bonds. The largest absolute Gasteiger partial charge is 0.437 e. The minimum atomic E-state index is -0.809. The van der Waals surface area contributed by atoms with Gasteiger partial charge in [-0.15, -0.1) is 0 Å². The topological polar surface area (TPSA) is 135 Å². The van der Waals surface area contributed by atoms with E-state index in [-0.39, 0.29) is 12.6 Å². The predicted molar refractivity (Wildman–Crippen MR) is 121 cm³/mol. The van der Waals surface area contributed by atoms with Crippen LogP contribution >= 0.6 is 0 Å². The first-order valence-electron chi connectivity index (χ1n) is 10.8. The Labute approximate surface area is 192 Å². The number of hydrogen-bond donors (Lipinski definition) is 2. The molecule has 33 heavy (non-hydrogen) atoms. The van der Waals surface area contributed by atoms with E-state index in [0.29, 0.717) is 34.3 Å². The molecule has 10 heteroatoms. The van der Waals surface area contributed by atoms with Crippen LogP contribution in [0.2, 0.25) is 0 Å². The summed E-state index contributed by atoms with van der Waals surface area (Å²) in [6.45, 7) is 3.58. The highest BCUT2D eigenvalue weighted by molar-refractivity contribution is 5.53. The molecule has 172 valence electrons. The molecule has 3 aromatic rings. The van der Waals surface area contributed by atoms with E-state index in [1.54, 1.807) is 48.5 Å². The summed E-state index contributed by atoms with van der Waals surface area (Å²) in [6, 6.07) is 8.99. The van der Waals surface area contributed by atoms with Crippen LogP contribution in [0.5, 0.6) is 11.6 Å². The molecule has 0 radical (unpaired) electrons. The number of aliphatic hydroxyl groups is 1. The highest BCUT2D eigenvalue weighted by atomic mass is 16.5. The number of nitrogens with two attached hydrogens (primary N) is 1. The van der Waals surface area contributed by atoms with Gasteiger partial charge in [0.25, 0.3) is 0 Å². The van der Waals surface area contributed by atoms with Gasteiger partial charge in [0, 0.05) is 50.6 Å². The molecule has 4 rings (SSSR count). The van der Waals surface area contributed by atoms with Crippen molar-refractivity contribution in [2.45, 2.75) is 32.0 Å². The van der Waals surface area contributed by atoms with Crippen LogP contribution in [0, 0.1) is 18.3 Å². The van der Waals surface area contributed by atoms with Crippen LogP contribution in [0.3, 0.4) is 0 Å². The molecule has 1 fully saturated rings. The van der Waals surface area contributed by atoms with E-state index < -0.39 is 6.10 Å². The lowest BCUT2D eigenvalue weighted by Crippen LogP contribution is -2.37. The zero-order chi connectivity index (χ0) is 23.4. The lowest BCUT2D eigenvalue weighted by Gasteiger charge is -2.32. The van der Waals surface area contributed by atoms with Gasteiger partial charge in [-0.3, -0.25) is 0 Å². The number of hydrogen-bond acceptors (Lipinski definition) is 9. The number of methoxy groups -OCH3 is 1. The summed E-state index contributed by atoms with van der Waals surface area (Å²) in [5.41, 5.74) is 7.19. The molecule has 1 aromatic carbocycles.